The van der Waals surface area contributed by atoms with Crippen molar-refractivity contribution in [2.24, 2.45) is 0 Å². The Labute approximate surface area is 350 Å². The third-order valence-electron chi connectivity index (χ3n) is 12.4. The van der Waals surface area contributed by atoms with E-state index in [9.17, 15) is 0 Å². The first kappa shape index (κ1) is 36.8. The molecule has 0 bridgehead atoms. The molecule has 1 aliphatic rings. The summed E-state index contributed by atoms with van der Waals surface area (Å²) < 4.78 is 0. The van der Waals surface area contributed by atoms with Crippen LogP contribution >= 0.6 is 0 Å². The molecule has 0 aromatic heterocycles. The van der Waals surface area contributed by atoms with Gasteiger partial charge in [-0.05, 0) is 127 Å². The lowest BCUT2D eigenvalue weighted by Gasteiger charge is -2.35. The SMILES string of the molecule is C[Si](C)(C)c1ccc(N(c2ccccc2)c2ccc(-c3ccc4c5c(cccc35)[Si](C)(C)c3cc(N(c5ccccc5)c5ccc6ccccc6c5)ccc3-4)cc2)cc1. The molecule has 9 aromatic carbocycles. The first-order chi connectivity index (χ1) is 28.6. The van der Waals surface area contributed by atoms with Gasteiger partial charge in [0.25, 0.3) is 0 Å². The molecule has 0 fully saturated rings. The molecule has 0 atom stereocenters. The van der Waals surface area contributed by atoms with E-state index in [0.717, 1.165) is 22.7 Å². The minimum absolute atomic E-state index is 1.15. The maximum atomic E-state index is 2.53. The van der Waals surface area contributed by atoms with Gasteiger partial charge in [-0.15, -0.1) is 0 Å². The highest BCUT2D eigenvalue weighted by molar-refractivity contribution is 7.03. The Morgan fingerprint density at radius 1 is 0.373 bits per heavy atom. The zero-order valence-electron chi connectivity index (χ0n) is 34.4. The number of benzene rings is 9. The van der Waals surface area contributed by atoms with Crippen LogP contribution in [0.3, 0.4) is 0 Å². The summed E-state index contributed by atoms with van der Waals surface area (Å²) in [7, 11) is -3.57. The fourth-order valence-electron chi connectivity index (χ4n) is 9.24. The number of para-hydroxylation sites is 2. The molecule has 0 spiro atoms. The highest BCUT2D eigenvalue weighted by Gasteiger charge is 2.36. The molecular formula is C55H48N2Si2. The number of nitrogens with zero attached hydrogens (tertiary/aromatic N) is 2. The van der Waals surface area contributed by atoms with Crippen LogP contribution in [0.5, 0.6) is 0 Å². The van der Waals surface area contributed by atoms with E-state index >= 15 is 0 Å². The van der Waals surface area contributed by atoms with Crippen molar-refractivity contribution in [1.29, 1.82) is 0 Å². The number of anilines is 6. The zero-order valence-corrected chi connectivity index (χ0v) is 36.4. The van der Waals surface area contributed by atoms with Gasteiger partial charge in [0.15, 0.2) is 0 Å². The topological polar surface area (TPSA) is 6.48 Å². The van der Waals surface area contributed by atoms with Crippen LogP contribution in [0, 0.1) is 0 Å². The average Bonchev–Trinajstić information content (AvgIpc) is 3.26. The molecule has 0 N–H and O–H groups in total. The molecule has 9 aromatic rings. The second-order valence-corrected chi connectivity index (χ2v) is 26.9. The van der Waals surface area contributed by atoms with Crippen LogP contribution in [-0.4, -0.2) is 16.1 Å². The van der Waals surface area contributed by atoms with Crippen LogP contribution in [0.2, 0.25) is 32.7 Å². The molecule has 10 rings (SSSR count). The fraction of sp³-hybridized carbons (Fsp3) is 0.0909. The Kier molecular flexibility index (Phi) is 9.01. The fourth-order valence-corrected chi connectivity index (χ4v) is 13.5. The molecule has 0 amide bonds. The van der Waals surface area contributed by atoms with Crippen LogP contribution in [0.25, 0.3) is 43.8 Å². The summed E-state index contributed by atoms with van der Waals surface area (Å²) in [6.45, 7) is 12.3. The first-order valence-corrected chi connectivity index (χ1v) is 27.3. The largest absolute Gasteiger partial charge is 0.311 e. The molecule has 0 saturated carbocycles. The van der Waals surface area contributed by atoms with Crippen molar-refractivity contribution in [3.05, 3.63) is 200 Å². The van der Waals surface area contributed by atoms with E-state index in [1.54, 1.807) is 0 Å². The smallest absolute Gasteiger partial charge is 0.113 e. The van der Waals surface area contributed by atoms with Gasteiger partial charge >= 0.3 is 0 Å². The van der Waals surface area contributed by atoms with Gasteiger partial charge in [0.1, 0.15) is 8.07 Å². The molecule has 286 valence electrons. The van der Waals surface area contributed by atoms with Crippen molar-refractivity contribution in [2.45, 2.75) is 32.7 Å². The summed E-state index contributed by atoms with van der Waals surface area (Å²) in [5.41, 5.74) is 12.2. The van der Waals surface area contributed by atoms with Gasteiger partial charge in [0, 0.05) is 34.1 Å². The van der Waals surface area contributed by atoms with E-state index < -0.39 is 16.1 Å². The first-order valence-electron chi connectivity index (χ1n) is 20.8. The molecule has 0 unspecified atom stereocenters. The minimum atomic E-state index is -2.15. The molecule has 0 aliphatic carbocycles. The van der Waals surface area contributed by atoms with Gasteiger partial charge in [0.2, 0.25) is 0 Å². The average molecular weight is 793 g/mol. The predicted octanol–water partition coefficient (Wildman–Crippen LogP) is 13.9. The zero-order chi connectivity index (χ0) is 40.3. The van der Waals surface area contributed by atoms with Crippen molar-refractivity contribution in [3.8, 4) is 22.3 Å². The summed E-state index contributed by atoms with van der Waals surface area (Å²) in [6.07, 6.45) is 0. The van der Waals surface area contributed by atoms with E-state index in [4.69, 9.17) is 0 Å². The molecule has 2 nitrogen and oxygen atoms in total. The Balaban J connectivity index is 1.05. The monoisotopic (exact) mass is 792 g/mol. The molecule has 1 aliphatic heterocycles. The van der Waals surface area contributed by atoms with Gasteiger partial charge in [-0.3, -0.25) is 0 Å². The summed E-state index contributed by atoms with van der Waals surface area (Å²) in [5, 5.41) is 9.68. The van der Waals surface area contributed by atoms with Crippen LogP contribution < -0.4 is 25.4 Å². The highest BCUT2D eigenvalue weighted by atomic mass is 28.3. The third-order valence-corrected chi connectivity index (χ3v) is 18.0. The maximum Gasteiger partial charge on any atom is 0.113 e. The molecule has 4 heteroatoms. The summed E-state index contributed by atoms with van der Waals surface area (Å²) >= 11 is 0. The molecule has 1 heterocycles. The van der Waals surface area contributed by atoms with Crippen LogP contribution in [0.4, 0.5) is 34.1 Å². The lowest BCUT2D eigenvalue weighted by Crippen LogP contribution is -2.56. The lowest BCUT2D eigenvalue weighted by molar-refractivity contribution is 1.28. The molecule has 59 heavy (non-hydrogen) atoms. The normalized spacial score (nSPS) is 13.0. The van der Waals surface area contributed by atoms with Gasteiger partial charge in [0.05, 0.1) is 8.07 Å². The minimum Gasteiger partial charge on any atom is -0.311 e. The predicted molar refractivity (Wildman–Crippen MR) is 261 cm³/mol. The second-order valence-electron chi connectivity index (χ2n) is 17.5. The Hall–Kier alpha value is -6.47. The number of hydrogen-bond donors (Lipinski definition) is 0. The van der Waals surface area contributed by atoms with E-state index in [1.807, 2.05) is 0 Å². The Bertz CT molecular complexity index is 2990. The summed E-state index contributed by atoms with van der Waals surface area (Å²) in [4.78, 5) is 4.79. The third kappa shape index (κ3) is 6.49. The van der Waals surface area contributed by atoms with Gasteiger partial charge in [-0.2, -0.15) is 0 Å². The van der Waals surface area contributed by atoms with Crippen LogP contribution in [0.1, 0.15) is 0 Å². The number of rotatable bonds is 8. The molecular weight excluding hydrogens is 745 g/mol. The maximum absolute atomic E-state index is 2.53. The van der Waals surface area contributed by atoms with Crippen molar-refractivity contribution in [1.82, 2.24) is 0 Å². The van der Waals surface area contributed by atoms with E-state index in [-0.39, 0.29) is 0 Å². The van der Waals surface area contributed by atoms with Gasteiger partial charge < -0.3 is 9.80 Å². The van der Waals surface area contributed by atoms with Crippen molar-refractivity contribution in [3.63, 3.8) is 0 Å². The quantitative estimate of drug-likeness (QED) is 0.141. The lowest BCUT2D eigenvalue weighted by atomic mass is 9.91. The van der Waals surface area contributed by atoms with Crippen molar-refractivity contribution < 1.29 is 0 Å². The van der Waals surface area contributed by atoms with Crippen molar-refractivity contribution in [2.75, 3.05) is 9.80 Å². The Morgan fingerprint density at radius 2 is 0.881 bits per heavy atom. The van der Waals surface area contributed by atoms with Crippen molar-refractivity contribution >= 4 is 87.4 Å². The van der Waals surface area contributed by atoms with E-state index in [2.05, 4.69) is 243 Å². The number of fused-ring (bicyclic) bond motifs is 3. The van der Waals surface area contributed by atoms with Crippen LogP contribution in [-0.2, 0) is 0 Å². The molecule has 0 radical (unpaired) electrons. The van der Waals surface area contributed by atoms with E-state index in [0.29, 0.717) is 0 Å². The van der Waals surface area contributed by atoms with E-state index in [1.165, 1.54) is 70.7 Å². The summed E-state index contributed by atoms with van der Waals surface area (Å²) in [6, 6.07) is 74.4. The highest BCUT2D eigenvalue weighted by Crippen LogP contribution is 2.43. The van der Waals surface area contributed by atoms with Crippen LogP contribution in [0.15, 0.2) is 200 Å². The standard InChI is InChI=1S/C55H48N2Si2/c1-58(2,3)48-32-29-45(30-33-48)56(42-17-8-6-9-18-42)44-26-24-40(25-27-44)49-35-36-52-50-34-31-47(38-54(50)59(4,5)53-22-14-21-51(49)55(52)53)57(43-19-10-7-11-20-43)46-28-23-39-15-12-13-16-41(39)37-46/h6-38H,1-5H3. The van der Waals surface area contributed by atoms with Gasteiger partial charge in [-0.25, -0.2) is 0 Å². The molecule has 0 saturated heterocycles. The second kappa shape index (κ2) is 14.4. The van der Waals surface area contributed by atoms with Gasteiger partial charge in [-0.1, -0.05) is 165 Å². The summed E-state index contributed by atoms with van der Waals surface area (Å²) in [5.74, 6) is 0. The Morgan fingerprint density at radius 3 is 1.54 bits per heavy atom. The number of hydrogen-bond acceptors (Lipinski definition) is 2.